The number of hydrogen-bond acceptors (Lipinski definition) is 2. The number of aromatic nitrogens is 1. The molecule has 2 nitrogen and oxygen atoms in total. The summed E-state index contributed by atoms with van der Waals surface area (Å²) < 4.78 is 0. The average molecular weight is 157 g/mol. The predicted molar refractivity (Wildman–Crippen MR) is 41.9 cm³/mol. The van der Waals surface area contributed by atoms with E-state index in [1.807, 2.05) is 13.0 Å². The van der Waals surface area contributed by atoms with Crippen LogP contribution in [0.4, 0.5) is 0 Å². The molecule has 0 bridgehead atoms. The summed E-state index contributed by atoms with van der Waals surface area (Å²) in [7, 11) is 0. The van der Waals surface area contributed by atoms with Crippen molar-refractivity contribution in [3.63, 3.8) is 0 Å². The summed E-state index contributed by atoms with van der Waals surface area (Å²) in [4.78, 5) is 4.00. The Hall–Kier alpha value is -0.600. The molecule has 0 aliphatic carbocycles. The molecule has 3 heteroatoms. The molecular weight excluding hydrogens is 148 g/mol. The molecule has 1 rings (SSSR count). The van der Waals surface area contributed by atoms with E-state index < -0.39 is 0 Å². The zero-order valence-electron chi connectivity index (χ0n) is 5.76. The molecule has 0 radical (unpaired) electrons. The number of hydrogen-bond donors (Lipinski definition) is 1. The third-order valence-corrected chi connectivity index (χ3v) is 1.71. The minimum Gasteiger partial charge on any atom is -0.325 e. The predicted octanol–water partition coefficient (Wildman–Crippen LogP) is 1.50. The maximum Gasteiger partial charge on any atom is 0.0618 e. The van der Waals surface area contributed by atoms with Crippen LogP contribution in [0.15, 0.2) is 12.3 Å². The van der Waals surface area contributed by atoms with Crippen molar-refractivity contribution in [2.24, 2.45) is 5.73 Å². The Balaban J connectivity index is 3.04. The number of nitrogens with zero attached hydrogens (tertiary/aromatic N) is 1. The number of rotatable bonds is 1. The molecule has 0 aromatic carbocycles. The number of nitrogens with two attached hydrogens (primary N) is 1. The smallest absolute Gasteiger partial charge is 0.0618 e. The normalized spacial score (nSPS) is 9.90. The Morgan fingerprint density at radius 2 is 2.40 bits per heavy atom. The molecule has 1 aromatic rings. The molecule has 0 aliphatic heterocycles. The van der Waals surface area contributed by atoms with Crippen molar-refractivity contribution in [1.82, 2.24) is 4.98 Å². The Morgan fingerprint density at radius 3 is 2.90 bits per heavy atom. The molecule has 2 N–H and O–H groups in total. The summed E-state index contributed by atoms with van der Waals surface area (Å²) in [5.74, 6) is 0. The summed E-state index contributed by atoms with van der Waals surface area (Å²) in [6.07, 6.45) is 1.62. The van der Waals surface area contributed by atoms with E-state index in [0.29, 0.717) is 11.6 Å². The highest BCUT2D eigenvalue weighted by Gasteiger charge is 1.95. The number of halogens is 1. The molecule has 0 atom stereocenters. The highest BCUT2D eigenvalue weighted by Crippen LogP contribution is 2.12. The maximum atomic E-state index is 5.73. The number of pyridine rings is 1. The molecule has 0 amide bonds. The van der Waals surface area contributed by atoms with Gasteiger partial charge in [0.2, 0.25) is 0 Å². The fourth-order valence-electron chi connectivity index (χ4n) is 0.709. The van der Waals surface area contributed by atoms with Crippen molar-refractivity contribution < 1.29 is 0 Å². The minimum absolute atomic E-state index is 0.470. The van der Waals surface area contributed by atoms with E-state index in [2.05, 4.69) is 4.98 Å². The third kappa shape index (κ3) is 1.46. The van der Waals surface area contributed by atoms with Crippen molar-refractivity contribution >= 4 is 11.6 Å². The molecule has 0 spiro atoms. The van der Waals surface area contributed by atoms with Gasteiger partial charge in [0.25, 0.3) is 0 Å². The SMILES string of the molecule is Cc1cc(CN)ncc1Cl. The second kappa shape index (κ2) is 2.99. The Morgan fingerprint density at radius 1 is 1.70 bits per heavy atom. The summed E-state index contributed by atoms with van der Waals surface area (Å²) in [5.41, 5.74) is 7.27. The molecule has 0 saturated heterocycles. The van der Waals surface area contributed by atoms with Crippen LogP contribution in [0.3, 0.4) is 0 Å². The van der Waals surface area contributed by atoms with Crippen molar-refractivity contribution in [3.8, 4) is 0 Å². The van der Waals surface area contributed by atoms with E-state index >= 15 is 0 Å². The minimum atomic E-state index is 0.470. The van der Waals surface area contributed by atoms with E-state index in [1.54, 1.807) is 6.20 Å². The van der Waals surface area contributed by atoms with Crippen LogP contribution >= 0.6 is 11.6 Å². The first-order valence-corrected chi connectivity index (χ1v) is 3.43. The van der Waals surface area contributed by atoms with E-state index in [1.165, 1.54) is 0 Å². The molecule has 1 heterocycles. The highest BCUT2D eigenvalue weighted by atomic mass is 35.5. The first-order valence-electron chi connectivity index (χ1n) is 3.05. The van der Waals surface area contributed by atoms with Gasteiger partial charge in [-0.2, -0.15) is 0 Å². The molecule has 1 aromatic heterocycles. The zero-order chi connectivity index (χ0) is 7.56. The van der Waals surface area contributed by atoms with E-state index in [9.17, 15) is 0 Å². The van der Waals surface area contributed by atoms with Gasteiger partial charge in [0, 0.05) is 12.7 Å². The highest BCUT2D eigenvalue weighted by molar-refractivity contribution is 6.31. The zero-order valence-corrected chi connectivity index (χ0v) is 6.52. The lowest BCUT2D eigenvalue weighted by atomic mass is 10.2. The largest absolute Gasteiger partial charge is 0.325 e. The van der Waals surface area contributed by atoms with Gasteiger partial charge < -0.3 is 5.73 Å². The Bertz CT molecular complexity index is 235. The van der Waals surface area contributed by atoms with Crippen LogP contribution in [-0.2, 0) is 6.54 Å². The van der Waals surface area contributed by atoms with Gasteiger partial charge in [0.05, 0.1) is 10.7 Å². The van der Waals surface area contributed by atoms with Crippen LogP contribution in [-0.4, -0.2) is 4.98 Å². The van der Waals surface area contributed by atoms with Crippen LogP contribution in [0.1, 0.15) is 11.3 Å². The molecule has 54 valence electrons. The molecule has 0 fully saturated rings. The fourth-order valence-corrected chi connectivity index (χ4v) is 0.813. The van der Waals surface area contributed by atoms with Crippen LogP contribution in [0, 0.1) is 6.92 Å². The molecule has 0 unspecified atom stereocenters. The first kappa shape index (κ1) is 7.51. The maximum absolute atomic E-state index is 5.73. The lowest BCUT2D eigenvalue weighted by molar-refractivity contribution is 0.984. The van der Waals surface area contributed by atoms with Gasteiger partial charge in [-0.1, -0.05) is 11.6 Å². The van der Waals surface area contributed by atoms with Gasteiger partial charge in [0.15, 0.2) is 0 Å². The first-order chi connectivity index (χ1) is 4.74. The lowest BCUT2D eigenvalue weighted by Crippen LogP contribution is -1.99. The summed E-state index contributed by atoms with van der Waals surface area (Å²) >= 11 is 5.73. The quantitative estimate of drug-likeness (QED) is 0.670. The van der Waals surface area contributed by atoms with E-state index in [4.69, 9.17) is 17.3 Å². The van der Waals surface area contributed by atoms with Crippen molar-refractivity contribution in [2.45, 2.75) is 13.5 Å². The summed E-state index contributed by atoms with van der Waals surface area (Å²) in [5, 5.41) is 0.692. The summed E-state index contributed by atoms with van der Waals surface area (Å²) in [6.45, 7) is 2.40. The monoisotopic (exact) mass is 156 g/mol. The Labute approximate surface area is 65.0 Å². The third-order valence-electron chi connectivity index (χ3n) is 1.31. The second-order valence-corrected chi connectivity index (χ2v) is 2.54. The van der Waals surface area contributed by atoms with Crippen LogP contribution in [0.2, 0.25) is 5.02 Å². The number of aryl methyl sites for hydroxylation is 1. The van der Waals surface area contributed by atoms with Crippen molar-refractivity contribution in [2.75, 3.05) is 0 Å². The van der Waals surface area contributed by atoms with E-state index in [-0.39, 0.29) is 0 Å². The lowest BCUT2D eigenvalue weighted by Gasteiger charge is -1.98. The van der Waals surface area contributed by atoms with Gasteiger partial charge in [0.1, 0.15) is 0 Å². The van der Waals surface area contributed by atoms with Crippen LogP contribution in [0.5, 0.6) is 0 Å². The van der Waals surface area contributed by atoms with Crippen molar-refractivity contribution in [1.29, 1.82) is 0 Å². The van der Waals surface area contributed by atoms with E-state index in [0.717, 1.165) is 11.3 Å². The van der Waals surface area contributed by atoms with Gasteiger partial charge in [-0.15, -0.1) is 0 Å². The standard InChI is InChI=1S/C7H9ClN2/c1-5-2-6(3-9)10-4-7(5)8/h2,4H,3,9H2,1H3. The fraction of sp³-hybridized carbons (Fsp3) is 0.286. The van der Waals surface area contributed by atoms with Crippen molar-refractivity contribution in [3.05, 3.63) is 28.5 Å². The summed E-state index contributed by atoms with van der Waals surface area (Å²) in [6, 6.07) is 1.89. The van der Waals surface area contributed by atoms with Crippen LogP contribution < -0.4 is 5.73 Å². The second-order valence-electron chi connectivity index (χ2n) is 2.13. The van der Waals surface area contributed by atoms with Gasteiger partial charge in [-0.3, -0.25) is 4.98 Å². The average Bonchev–Trinajstić information content (AvgIpc) is 1.95. The molecular formula is C7H9ClN2. The molecule has 0 saturated carbocycles. The Kier molecular flexibility index (Phi) is 2.25. The topological polar surface area (TPSA) is 38.9 Å². The van der Waals surface area contributed by atoms with Gasteiger partial charge in [-0.05, 0) is 18.6 Å². The van der Waals surface area contributed by atoms with Gasteiger partial charge in [-0.25, -0.2) is 0 Å². The molecule has 0 aliphatic rings. The van der Waals surface area contributed by atoms with Crippen LogP contribution in [0.25, 0.3) is 0 Å². The molecule has 10 heavy (non-hydrogen) atoms. The van der Waals surface area contributed by atoms with Gasteiger partial charge >= 0.3 is 0 Å².